The number of nitrogens with one attached hydrogen (secondary N) is 1. The Labute approximate surface area is 153 Å². The topological polar surface area (TPSA) is 33.1 Å². The summed E-state index contributed by atoms with van der Waals surface area (Å²) in [5.74, 6) is -3.04. The third kappa shape index (κ3) is 6.59. The van der Waals surface area contributed by atoms with Crippen molar-refractivity contribution in [3.8, 4) is 0 Å². The molecule has 0 radical (unpaired) electrons. The van der Waals surface area contributed by atoms with Gasteiger partial charge in [0, 0.05) is 17.3 Å². The highest BCUT2D eigenvalue weighted by molar-refractivity contribution is 7.75. The number of aryl methyl sites for hydroxylation is 1. The van der Waals surface area contributed by atoms with Crippen LogP contribution in [0.2, 0.25) is 0 Å². The molecule has 0 aliphatic heterocycles. The molecule has 2 aromatic carbocycles. The van der Waals surface area contributed by atoms with Gasteiger partial charge in [-0.2, -0.15) is 13.0 Å². The minimum atomic E-state index is -3.04. The normalized spacial score (nSPS) is 11.5. The van der Waals surface area contributed by atoms with Gasteiger partial charge in [-0.3, -0.25) is 0 Å². The monoisotopic (exact) mass is 366 g/mol. The van der Waals surface area contributed by atoms with Gasteiger partial charge in [0.1, 0.15) is 16.8 Å². The standard InChI is InChI=1S/C15H13F2N.C5H12OS/c1-11-5-2-3-8-14(11)15(16,17)13-7-4-6-12(9-13)10-18;1-5(2,3)7-6-4/h2-10,18H,1H3;1-4H3/p+1. The van der Waals surface area contributed by atoms with Crippen molar-refractivity contribution < 1.29 is 13.0 Å². The third-order valence-corrected chi connectivity index (χ3v) is 3.99. The Balaban J connectivity index is 0.000000381. The van der Waals surface area contributed by atoms with E-state index in [-0.39, 0.29) is 11.1 Å². The molecule has 136 valence electrons. The van der Waals surface area contributed by atoms with E-state index in [2.05, 4.69) is 20.8 Å². The first kappa shape index (κ1) is 21.3. The fraction of sp³-hybridized carbons (Fsp3) is 0.350. The first-order chi connectivity index (χ1) is 11.6. The van der Waals surface area contributed by atoms with Crippen molar-refractivity contribution in [2.45, 2.75) is 38.4 Å². The molecule has 0 bridgehead atoms. The fourth-order valence-electron chi connectivity index (χ4n) is 2.18. The van der Waals surface area contributed by atoms with Crippen LogP contribution in [0.15, 0.2) is 48.5 Å². The van der Waals surface area contributed by atoms with E-state index < -0.39 is 5.92 Å². The van der Waals surface area contributed by atoms with Crippen LogP contribution in [0, 0.1) is 12.3 Å². The quantitative estimate of drug-likeness (QED) is 0.445. The number of halogens is 2. The average Bonchev–Trinajstić information content (AvgIpc) is 2.54. The van der Waals surface area contributed by atoms with Gasteiger partial charge in [-0.1, -0.05) is 42.5 Å². The van der Waals surface area contributed by atoms with Gasteiger partial charge in [0.25, 0.3) is 5.92 Å². The highest BCUT2D eigenvalue weighted by Crippen LogP contribution is 2.37. The lowest BCUT2D eigenvalue weighted by Gasteiger charge is -2.19. The van der Waals surface area contributed by atoms with Crippen LogP contribution in [0.5, 0.6) is 0 Å². The van der Waals surface area contributed by atoms with E-state index in [9.17, 15) is 8.78 Å². The Morgan fingerprint density at radius 3 is 2.16 bits per heavy atom. The maximum atomic E-state index is 14.4. The van der Waals surface area contributed by atoms with E-state index in [1.54, 1.807) is 44.4 Å². The van der Waals surface area contributed by atoms with Crippen LogP contribution >= 0.6 is 0 Å². The van der Waals surface area contributed by atoms with Crippen LogP contribution in [0.4, 0.5) is 8.78 Å². The van der Waals surface area contributed by atoms with Crippen molar-refractivity contribution in [2.24, 2.45) is 0 Å². The van der Waals surface area contributed by atoms with E-state index in [1.807, 2.05) is 0 Å². The highest BCUT2D eigenvalue weighted by atomic mass is 32.2. The number of benzene rings is 2. The summed E-state index contributed by atoms with van der Waals surface area (Å²) in [5.41, 5.74) is 0.952. The molecule has 2 rings (SSSR count). The fourth-order valence-corrected chi connectivity index (χ4v) is 2.73. The summed E-state index contributed by atoms with van der Waals surface area (Å²) in [6.45, 7) is 8.08. The largest absolute Gasteiger partial charge is 0.308 e. The van der Waals surface area contributed by atoms with Crippen LogP contribution in [0.1, 0.15) is 43.0 Å². The van der Waals surface area contributed by atoms with Gasteiger partial charge in [-0.15, -0.1) is 0 Å². The molecule has 0 aromatic heterocycles. The molecule has 5 heteroatoms. The Kier molecular flexibility index (Phi) is 7.77. The molecule has 0 amide bonds. The first-order valence-electron chi connectivity index (χ1n) is 7.92. The number of thiol groups is 1. The van der Waals surface area contributed by atoms with Gasteiger partial charge in [0.2, 0.25) is 0 Å². The SMILES string of the molecule is CO[SH+]C(C)(C)C.Cc1ccccc1C(F)(F)c1cccc(C=N)c1. The van der Waals surface area contributed by atoms with Crippen molar-refractivity contribution in [2.75, 3.05) is 7.11 Å². The third-order valence-electron chi connectivity index (χ3n) is 3.26. The van der Waals surface area contributed by atoms with E-state index >= 15 is 0 Å². The Bertz CT molecular complexity index is 696. The van der Waals surface area contributed by atoms with E-state index in [0.717, 1.165) is 18.3 Å². The summed E-state index contributed by atoms with van der Waals surface area (Å²) >= 11 is 1.06. The molecular formula is C20H26F2NOS+. The molecule has 1 N–H and O–H groups in total. The summed E-state index contributed by atoms with van der Waals surface area (Å²) in [4.78, 5) is 0. The predicted octanol–water partition coefficient (Wildman–Crippen LogP) is 5.29. The zero-order chi connectivity index (χ0) is 19.1. The smallest absolute Gasteiger partial charge is 0.298 e. The molecule has 0 saturated carbocycles. The molecule has 0 atom stereocenters. The summed E-state index contributed by atoms with van der Waals surface area (Å²) in [5, 5.41) is 7.12. The van der Waals surface area contributed by atoms with Gasteiger partial charge < -0.3 is 5.41 Å². The summed E-state index contributed by atoms with van der Waals surface area (Å²) < 4.78 is 34.0. The number of hydrogen-bond donors (Lipinski definition) is 1. The number of hydrogen-bond acceptors (Lipinski definition) is 2. The molecule has 2 nitrogen and oxygen atoms in total. The summed E-state index contributed by atoms with van der Waals surface area (Å²) in [6.07, 6.45) is 1.07. The number of rotatable bonds is 4. The maximum Gasteiger partial charge on any atom is 0.298 e. The van der Waals surface area contributed by atoms with Crippen molar-refractivity contribution in [3.63, 3.8) is 0 Å². The molecule has 25 heavy (non-hydrogen) atoms. The predicted molar refractivity (Wildman–Crippen MR) is 104 cm³/mol. The zero-order valence-corrected chi connectivity index (χ0v) is 16.2. The first-order valence-corrected chi connectivity index (χ1v) is 8.73. The van der Waals surface area contributed by atoms with E-state index in [4.69, 9.17) is 9.59 Å². The Morgan fingerprint density at radius 2 is 1.68 bits per heavy atom. The summed E-state index contributed by atoms with van der Waals surface area (Å²) in [7, 11) is 1.72. The highest BCUT2D eigenvalue weighted by Gasteiger charge is 2.35. The van der Waals surface area contributed by atoms with Crippen LogP contribution in [-0.2, 0) is 22.1 Å². The zero-order valence-electron chi connectivity index (χ0n) is 15.3. The maximum absolute atomic E-state index is 14.4. The Morgan fingerprint density at radius 1 is 1.04 bits per heavy atom. The summed E-state index contributed by atoms with van der Waals surface area (Å²) in [6, 6.07) is 12.4. The van der Waals surface area contributed by atoms with E-state index in [1.165, 1.54) is 18.2 Å². The van der Waals surface area contributed by atoms with Crippen molar-refractivity contribution in [3.05, 3.63) is 70.8 Å². The van der Waals surface area contributed by atoms with Crippen LogP contribution < -0.4 is 0 Å². The molecule has 0 spiro atoms. The van der Waals surface area contributed by atoms with Crippen LogP contribution in [0.3, 0.4) is 0 Å². The van der Waals surface area contributed by atoms with Gasteiger partial charge in [0.15, 0.2) is 0 Å². The lowest BCUT2D eigenvalue weighted by molar-refractivity contribution is 0.0421. The molecule has 0 unspecified atom stereocenters. The van der Waals surface area contributed by atoms with Gasteiger partial charge in [-0.25, -0.2) is 0 Å². The second-order valence-corrected chi connectivity index (χ2v) is 8.49. The second-order valence-electron chi connectivity index (χ2n) is 6.60. The molecular weight excluding hydrogens is 340 g/mol. The van der Waals surface area contributed by atoms with Gasteiger partial charge in [-0.05, 0) is 44.9 Å². The molecule has 0 saturated heterocycles. The molecule has 2 aromatic rings. The molecule has 0 heterocycles. The molecule has 0 aliphatic carbocycles. The molecule has 0 fully saturated rings. The lowest BCUT2D eigenvalue weighted by Crippen LogP contribution is -2.16. The van der Waals surface area contributed by atoms with Crippen molar-refractivity contribution >= 4 is 18.3 Å². The van der Waals surface area contributed by atoms with Gasteiger partial charge >= 0.3 is 0 Å². The minimum absolute atomic E-state index is 0.00660. The van der Waals surface area contributed by atoms with Crippen molar-refractivity contribution in [1.82, 2.24) is 0 Å². The molecule has 0 aliphatic rings. The second kappa shape index (κ2) is 9.11. The van der Waals surface area contributed by atoms with Crippen molar-refractivity contribution in [1.29, 1.82) is 5.41 Å². The number of alkyl halides is 2. The van der Waals surface area contributed by atoms with Gasteiger partial charge in [0.05, 0.1) is 7.11 Å². The van der Waals surface area contributed by atoms with E-state index in [0.29, 0.717) is 15.9 Å². The minimum Gasteiger partial charge on any atom is -0.308 e. The Hall–Kier alpha value is -1.72. The van der Waals surface area contributed by atoms with Crippen LogP contribution in [-0.4, -0.2) is 18.1 Å². The van der Waals surface area contributed by atoms with Crippen LogP contribution in [0.25, 0.3) is 0 Å². The lowest BCUT2D eigenvalue weighted by atomic mass is 9.95. The average molecular weight is 366 g/mol.